The minimum atomic E-state index is -0.153. The first kappa shape index (κ1) is 16.4. The van der Waals surface area contributed by atoms with Crippen molar-refractivity contribution < 1.29 is 14.3 Å². The highest BCUT2D eigenvalue weighted by atomic mass is 35.5. The van der Waals surface area contributed by atoms with Gasteiger partial charge in [0.05, 0.1) is 22.7 Å². The molecule has 0 aliphatic carbocycles. The molecule has 2 N–H and O–H groups in total. The summed E-state index contributed by atoms with van der Waals surface area (Å²) in [5.41, 5.74) is 0.558. The highest BCUT2D eigenvalue weighted by Gasteiger charge is 2.22. The summed E-state index contributed by atoms with van der Waals surface area (Å²) in [6.07, 6.45) is 1.84. The van der Waals surface area contributed by atoms with Crippen molar-refractivity contribution in [3.63, 3.8) is 0 Å². The molecule has 0 radical (unpaired) electrons. The van der Waals surface area contributed by atoms with Gasteiger partial charge in [0.15, 0.2) is 5.75 Å². The molecular weight excluding hydrogens is 315 g/mol. The molecule has 1 atom stereocenters. The molecule has 0 unspecified atom stereocenters. The van der Waals surface area contributed by atoms with Crippen LogP contribution in [0.5, 0.6) is 5.75 Å². The zero-order valence-corrected chi connectivity index (χ0v) is 13.3. The van der Waals surface area contributed by atoms with Crippen LogP contribution in [-0.2, 0) is 9.53 Å². The maximum atomic E-state index is 12.0. The molecule has 0 aromatic heterocycles. The molecule has 116 valence electrons. The number of halogens is 2. The predicted octanol–water partition coefficient (Wildman–Crippen LogP) is 2.71. The molecule has 1 amide bonds. The molecule has 2 rings (SSSR count). The maximum Gasteiger partial charge on any atom is 0.241 e. The number of nitrogens with one attached hydrogen (secondary N) is 2. The lowest BCUT2D eigenvalue weighted by Crippen LogP contribution is -2.35. The first-order valence-corrected chi connectivity index (χ1v) is 7.52. The third kappa shape index (κ3) is 4.48. The van der Waals surface area contributed by atoms with Gasteiger partial charge in [0, 0.05) is 12.8 Å². The molecule has 1 aromatic rings. The number of methoxy groups -OCH3 is 1. The average molecular weight is 333 g/mol. The van der Waals surface area contributed by atoms with E-state index in [-0.39, 0.29) is 11.9 Å². The largest absolute Gasteiger partial charge is 0.488 e. The quantitative estimate of drug-likeness (QED) is 0.786. The van der Waals surface area contributed by atoms with Crippen molar-refractivity contribution in [1.29, 1.82) is 0 Å². The molecule has 1 saturated heterocycles. The van der Waals surface area contributed by atoms with Crippen molar-refractivity contribution in [2.75, 3.05) is 32.2 Å². The van der Waals surface area contributed by atoms with Crippen molar-refractivity contribution in [2.45, 2.75) is 18.9 Å². The summed E-state index contributed by atoms with van der Waals surface area (Å²) in [6.45, 7) is 1.66. The fourth-order valence-electron chi connectivity index (χ4n) is 2.13. The Kier molecular flexibility index (Phi) is 6.11. The van der Waals surface area contributed by atoms with Crippen molar-refractivity contribution >= 4 is 34.8 Å². The van der Waals surface area contributed by atoms with E-state index in [0.717, 1.165) is 19.4 Å². The van der Waals surface area contributed by atoms with E-state index < -0.39 is 0 Å². The lowest BCUT2D eigenvalue weighted by Gasteiger charge is -2.14. The van der Waals surface area contributed by atoms with Gasteiger partial charge >= 0.3 is 0 Å². The highest BCUT2D eigenvalue weighted by Crippen LogP contribution is 2.36. The number of hydrogen-bond donors (Lipinski definition) is 2. The van der Waals surface area contributed by atoms with Gasteiger partial charge in [0.25, 0.3) is 0 Å². The monoisotopic (exact) mass is 332 g/mol. The van der Waals surface area contributed by atoms with Crippen LogP contribution >= 0.6 is 23.2 Å². The molecule has 0 spiro atoms. The van der Waals surface area contributed by atoms with Gasteiger partial charge in [-0.05, 0) is 31.5 Å². The fourth-order valence-corrected chi connectivity index (χ4v) is 2.73. The van der Waals surface area contributed by atoms with Crippen LogP contribution in [-0.4, -0.2) is 38.8 Å². The van der Waals surface area contributed by atoms with E-state index >= 15 is 0 Å². The second-order valence-electron chi connectivity index (χ2n) is 4.75. The third-order valence-corrected chi connectivity index (χ3v) is 3.74. The number of amides is 1. The van der Waals surface area contributed by atoms with Crippen LogP contribution in [0.1, 0.15) is 12.8 Å². The van der Waals surface area contributed by atoms with Crippen molar-refractivity contribution in [1.82, 2.24) is 5.32 Å². The molecule has 0 saturated carbocycles. The molecule has 1 aliphatic heterocycles. The van der Waals surface area contributed by atoms with E-state index in [9.17, 15) is 4.79 Å². The minimum Gasteiger partial charge on any atom is -0.488 e. The van der Waals surface area contributed by atoms with Crippen molar-refractivity contribution in [2.24, 2.45) is 0 Å². The number of carbonyl (C=O) groups excluding carboxylic acids is 1. The molecule has 21 heavy (non-hydrogen) atoms. The summed E-state index contributed by atoms with van der Waals surface area (Å²) in [5, 5.41) is 6.65. The zero-order valence-electron chi connectivity index (χ0n) is 11.7. The van der Waals surface area contributed by atoms with Gasteiger partial charge in [-0.25, -0.2) is 0 Å². The van der Waals surface area contributed by atoms with E-state index in [1.807, 2.05) is 0 Å². The number of ether oxygens (including phenoxy) is 2. The van der Waals surface area contributed by atoms with Crippen LogP contribution in [0.25, 0.3) is 0 Å². The molecule has 7 heteroatoms. The predicted molar refractivity (Wildman–Crippen MR) is 83.5 cm³/mol. The van der Waals surface area contributed by atoms with Gasteiger partial charge in [-0.2, -0.15) is 0 Å². The Morgan fingerprint density at radius 1 is 1.38 bits per heavy atom. The number of hydrogen-bond acceptors (Lipinski definition) is 4. The van der Waals surface area contributed by atoms with Gasteiger partial charge in [-0.15, -0.1) is 0 Å². The SMILES string of the molecule is COCCOc1c(Cl)cc(NC(=O)[C@@H]2CCCN2)cc1Cl. The molecule has 5 nitrogen and oxygen atoms in total. The lowest BCUT2D eigenvalue weighted by molar-refractivity contribution is -0.117. The standard InChI is InChI=1S/C14H18Cl2N2O3/c1-20-5-6-21-13-10(15)7-9(8-11(13)16)18-14(19)12-3-2-4-17-12/h7-8,12,17H,2-6H2,1H3,(H,18,19)/t12-/m0/s1. The molecule has 1 aromatic carbocycles. The second kappa shape index (κ2) is 7.84. The van der Waals surface area contributed by atoms with Crippen LogP contribution in [0, 0.1) is 0 Å². The Bertz CT molecular complexity index is 482. The molecule has 1 heterocycles. The second-order valence-corrected chi connectivity index (χ2v) is 5.56. The van der Waals surface area contributed by atoms with Gasteiger partial charge in [-0.1, -0.05) is 23.2 Å². The van der Waals surface area contributed by atoms with Crippen molar-refractivity contribution in [3.8, 4) is 5.75 Å². The Hall–Kier alpha value is -1.01. The number of benzene rings is 1. The lowest BCUT2D eigenvalue weighted by atomic mass is 10.2. The zero-order chi connectivity index (χ0) is 15.2. The maximum absolute atomic E-state index is 12.0. The summed E-state index contributed by atoms with van der Waals surface area (Å²) in [7, 11) is 1.59. The van der Waals surface area contributed by atoms with Crippen LogP contribution in [0.4, 0.5) is 5.69 Å². The van der Waals surface area contributed by atoms with E-state index in [1.54, 1.807) is 19.2 Å². The number of carbonyl (C=O) groups is 1. The van der Waals surface area contributed by atoms with Gasteiger partial charge in [-0.3, -0.25) is 4.79 Å². The first-order chi connectivity index (χ1) is 10.1. The highest BCUT2D eigenvalue weighted by molar-refractivity contribution is 6.37. The Morgan fingerprint density at radius 3 is 2.67 bits per heavy atom. The van der Waals surface area contributed by atoms with Crippen LogP contribution in [0.3, 0.4) is 0 Å². The van der Waals surface area contributed by atoms with Crippen molar-refractivity contribution in [3.05, 3.63) is 22.2 Å². The summed E-state index contributed by atoms with van der Waals surface area (Å²) in [5.74, 6) is 0.319. The van der Waals surface area contributed by atoms with E-state index in [0.29, 0.717) is 34.7 Å². The van der Waals surface area contributed by atoms with E-state index in [4.69, 9.17) is 32.7 Å². The normalized spacial score (nSPS) is 17.8. The van der Waals surface area contributed by atoms with Gasteiger partial charge in [0.1, 0.15) is 6.61 Å². The van der Waals surface area contributed by atoms with Crippen LogP contribution in [0.15, 0.2) is 12.1 Å². The smallest absolute Gasteiger partial charge is 0.241 e. The summed E-state index contributed by atoms with van der Waals surface area (Å²) >= 11 is 12.3. The summed E-state index contributed by atoms with van der Waals surface area (Å²) in [4.78, 5) is 12.0. The topological polar surface area (TPSA) is 59.6 Å². The molecule has 0 bridgehead atoms. The van der Waals surface area contributed by atoms with E-state index in [2.05, 4.69) is 10.6 Å². The summed E-state index contributed by atoms with van der Waals surface area (Å²) < 4.78 is 10.4. The van der Waals surface area contributed by atoms with Crippen LogP contribution < -0.4 is 15.4 Å². The number of rotatable bonds is 6. The summed E-state index contributed by atoms with van der Waals surface area (Å²) in [6, 6.07) is 3.10. The van der Waals surface area contributed by atoms with Gasteiger partial charge in [0.2, 0.25) is 5.91 Å². The molecule has 1 fully saturated rings. The Balaban J connectivity index is 2.02. The average Bonchev–Trinajstić information content (AvgIpc) is 2.96. The van der Waals surface area contributed by atoms with Gasteiger partial charge < -0.3 is 20.1 Å². The molecule has 1 aliphatic rings. The fraction of sp³-hybridized carbons (Fsp3) is 0.500. The third-order valence-electron chi connectivity index (χ3n) is 3.18. The van der Waals surface area contributed by atoms with E-state index in [1.165, 1.54) is 0 Å². The van der Waals surface area contributed by atoms with Crippen LogP contribution in [0.2, 0.25) is 10.0 Å². The Morgan fingerprint density at radius 2 is 2.10 bits per heavy atom. The minimum absolute atomic E-state index is 0.0762. The first-order valence-electron chi connectivity index (χ1n) is 6.77. The number of anilines is 1. The Labute approximate surface area is 133 Å². The molecular formula is C14H18Cl2N2O3.